The summed E-state index contributed by atoms with van der Waals surface area (Å²) >= 11 is 1.61. The van der Waals surface area contributed by atoms with Crippen LogP contribution in [0.2, 0.25) is 5.04 Å². The van der Waals surface area contributed by atoms with Gasteiger partial charge in [0.25, 0.3) is 8.32 Å². The lowest BCUT2D eigenvalue weighted by Gasteiger charge is -2.50. The maximum absolute atomic E-state index is 10.3. The second kappa shape index (κ2) is 10.9. The molecule has 2 aliphatic heterocycles. The van der Waals surface area contributed by atoms with Crippen molar-refractivity contribution in [2.24, 2.45) is 0 Å². The summed E-state index contributed by atoms with van der Waals surface area (Å²) < 4.78 is 27.1. The van der Waals surface area contributed by atoms with E-state index < -0.39 is 44.0 Å². The van der Waals surface area contributed by atoms with Gasteiger partial charge in [-0.1, -0.05) is 111 Å². The van der Waals surface area contributed by atoms with Gasteiger partial charge in [-0.05, 0) is 41.4 Å². The van der Waals surface area contributed by atoms with Crippen molar-refractivity contribution < 1.29 is 23.7 Å². The Morgan fingerprint density at radius 2 is 1.32 bits per heavy atom. The van der Waals surface area contributed by atoms with E-state index in [1.807, 2.05) is 44.2 Å². The summed E-state index contributed by atoms with van der Waals surface area (Å²) in [7, 11) is -2.93. The molecular formula is C31H38O5SSi. The number of rotatable bonds is 7. The summed E-state index contributed by atoms with van der Waals surface area (Å²) in [6, 6.07) is 31.4. The van der Waals surface area contributed by atoms with Gasteiger partial charge in [0.2, 0.25) is 0 Å². The number of aliphatic hydroxyl groups excluding tert-OH is 1. The zero-order chi connectivity index (χ0) is 27.0. The molecule has 0 spiro atoms. The molecule has 0 amide bonds. The summed E-state index contributed by atoms with van der Waals surface area (Å²) in [5.41, 5.74) is -0.407. The maximum Gasteiger partial charge on any atom is 0.261 e. The summed E-state index contributed by atoms with van der Waals surface area (Å²) in [5.74, 6) is -0.814. The molecule has 0 radical (unpaired) electrons. The third kappa shape index (κ3) is 5.26. The molecule has 0 saturated carbocycles. The Morgan fingerprint density at radius 3 is 1.82 bits per heavy atom. The molecule has 5 atom stereocenters. The second-order valence-electron chi connectivity index (χ2n) is 11.5. The molecule has 2 heterocycles. The van der Waals surface area contributed by atoms with Crippen molar-refractivity contribution in [3.05, 3.63) is 91.0 Å². The van der Waals surface area contributed by atoms with Gasteiger partial charge in [0.15, 0.2) is 5.79 Å². The number of hydrogen-bond acceptors (Lipinski definition) is 6. The summed E-state index contributed by atoms with van der Waals surface area (Å²) in [6.45, 7) is 10.5. The summed E-state index contributed by atoms with van der Waals surface area (Å²) in [6.07, 6.45) is -1.80. The monoisotopic (exact) mass is 550 g/mol. The lowest BCUT2D eigenvalue weighted by molar-refractivity contribution is -0.165. The number of benzene rings is 3. The predicted molar refractivity (Wildman–Crippen MR) is 154 cm³/mol. The molecular weight excluding hydrogens is 512 g/mol. The van der Waals surface area contributed by atoms with Gasteiger partial charge in [-0.2, -0.15) is 0 Å². The van der Waals surface area contributed by atoms with Crippen LogP contribution >= 0.6 is 11.8 Å². The average molecular weight is 551 g/mol. The molecule has 2 aliphatic rings. The molecule has 3 aromatic carbocycles. The highest BCUT2D eigenvalue weighted by molar-refractivity contribution is 7.99. The number of aliphatic hydroxyl groups is 1. The van der Waals surface area contributed by atoms with Crippen LogP contribution in [0.4, 0.5) is 0 Å². The number of hydrogen-bond donors (Lipinski definition) is 1. The van der Waals surface area contributed by atoms with E-state index in [0.29, 0.717) is 0 Å². The van der Waals surface area contributed by atoms with Crippen molar-refractivity contribution in [1.82, 2.24) is 0 Å². The minimum absolute atomic E-state index is 0.154. The van der Waals surface area contributed by atoms with Crippen LogP contribution in [-0.4, -0.2) is 55.7 Å². The van der Waals surface area contributed by atoms with E-state index >= 15 is 0 Å². The van der Waals surface area contributed by atoms with E-state index in [4.69, 9.17) is 18.6 Å². The SMILES string of the molecule is CC1(C)O[C@H]2[C@@H](O1)[C@@H](CO)O[C@@H](Sc1ccccc1)[C@@H]2O[Si](c1ccccc1)(c1ccccc1)C(C)(C)C. The highest BCUT2D eigenvalue weighted by Crippen LogP contribution is 2.46. The van der Waals surface area contributed by atoms with Crippen molar-refractivity contribution in [3.63, 3.8) is 0 Å². The van der Waals surface area contributed by atoms with E-state index in [-0.39, 0.29) is 11.6 Å². The standard InChI is InChI=1S/C31H38O5SSi/c1-30(2,3)38(23-17-11-7-12-18-23,24-19-13-8-14-20-24)36-28-27-26(34-31(4,5)35-27)25(21-32)33-29(28)37-22-15-9-6-10-16-22/h6-20,25-29,32H,21H2,1-5H3/t25-,26+,27+,28-,29+/m1/s1. The largest absolute Gasteiger partial charge is 0.398 e. The molecule has 7 heteroatoms. The van der Waals surface area contributed by atoms with Crippen LogP contribution in [0, 0.1) is 0 Å². The molecule has 0 bridgehead atoms. The van der Waals surface area contributed by atoms with Crippen molar-refractivity contribution in [3.8, 4) is 0 Å². The van der Waals surface area contributed by atoms with Crippen LogP contribution < -0.4 is 10.4 Å². The average Bonchev–Trinajstić information content (AvgIpc) is 3.24. The lowest BCUT2D eigenvalue weighted by atomic mass is 10.0. The fourth-order valence-corrected chi connectivity index (χ4v) is 11.6. The van der Waals surface area contributed by atoms with E-state index in [9.17, 15) is 5.11 Å². The second-order valence-corrected chi connectivity index (χ2v) is 16.9. The first-order valence-corrected chi connectivity index (χ1v) is 16.1. The third-order valence-electron chi connectivity index (χ3n) is 7.34. The smallest absolute Gasteiger partial charge is 0.261 e. The highest BCUT2D eigenvalue weighted by Gasteiger charge is 2.60. The van der Waals surface area contributed by atoms with Crippen molar-refractivity contribution in [2.75, 3.05) is 6.61 Å². The van der Waals surface area contributed by atoms with Crippen molar-refractivity contribution in [2.45, 2.75) is 80.2 Å². The first kappa shape index (κ1) is 27.6. The molecule has 38 heavy (non-hydrogen) atoms. The van der Waals surface area contributed by atoms with Crippen LogP contribution in [0.15, 0.2) is 95.9 Å². The number of thioether (sulfide) groups is 1. The first-order valence-electron chi connectivity index (χ1n) is 13.3. The van der Waals surface area contributed by atoms with Gasteiger partial charge in [-0.3, -0.25) is 0 Å². The minimum Gasteiger partial charge on any atom is -0.398 e. The molecule has 202 valence electrons. The van der Waals surface area contributed by atoms with Gasteiger partial charge in [-0.15, -0.1) is 0 Å². The highest BCUT2D eigenvalue weighted by atomic mass is 32.2. The van der Waals surface area contributed by atoms with E-state index in [1.54, 1.807) is 11.8 Å². The Balaban J connectivity index is 1.66. The van der Waals surface area contributed by atoms with Gasteiger partial charge in [0.05, 0.1) is 6.61 Å². The number of fused-ring (bicyclic) bond motifs is 1. The molecule has 3 aromatic rings. The summed E-state index contributed by atoms with van der Waals surface area (Å²) in [4.78, 5) is 1.07. The van der Waals surface area contributed by atoms with Gasteiger partial charge < -0.3 is 23.7 Å². The molecule has 0 unspecified atom stereocenters. The van der Waals surface area contributed by atoms with Crippen LogP contribution in [0.1, 0.15) is 34.6 Å². The quantitative estimate of drug-likeness (QED) is 0.420. The lowest BCUT2D eigenvalue weighted by Crippen LogP contribution is -2.71. The van der Waals surface area contributed by atoms with Gasteiger partial charge >= 0.3 is 0 Å². The van der Waals surface area contributed by atoms with Crippen LogP contribution in [-0.2, 0) is 18.6 Å². The van der Waals surface area contributed by atoms with Crippen LogP contribution in [0.25, 0.3) is 0 Å². The molecule has 2 saturated heterocycles. The Kier molecular flexibility index (Phi) is 7.91. The normalized spacial score (nSPS) is 27.2. The molecule has 0 aliphatic carbocycles. The Morgan fingerprint density at radius 1 is 0.816 bits per heavy atom. The zero-order valence-corrected chi connectivity index (χ0v) is 24.6. The van der Waals surface area contributed by atoms with Crippen molar-refractivity contribution in [1.29, 1.82) is 0 Å². The zero-order valence-electron chi connectivity index (χ0n) is 22.7. The van der Waals surface area contributed by atoms with Gasteiger partial charge in [0, 0.05) is 4.90 Å². The predicted octanol–water partition coefficient (Wildman–Crippen LogP) is 4.96. The Bertz CT molecular complexity index is 1150. The third-order valence-corrected chi connectivity index (χ3v) is 13.5. The van der Waals surface area contributed by atoms with Gasteiger partial charge in [0.1, 0.15) is 29.9 Å². The van der Waals surface area contributed by atoms with E-state index in [1.165, 1.54) is 10.4 Å². The minimum atomic E-state index is -2.93. The fraction of sp³-hybridized carbons (Fsp3) is 0.419. The van der Waals surface area contributed by atoms with E-state index in [0.717, 1.165) is 4.90 Å². The number of ether oxygens (including phenoxy) is 3. The maximum atomic E-state index is 10.3. The molecule has 0 aromatic heterocycles. The Hall–Kier alpha value is -1.97. The fourth-order valence-electron chi connectivity index (χ4n) is 5.73. The van der Waals surface area contributed by atoms with Crippen molar-refractivity contribution >= 4 is 30.5 Å². The molecule has 2 fully saturated rings. The molecule has 1 N–H and O–H groups in total. The Labute approximate surface area is 231 Å². The van der Waals surface area contributed by atoms with Crippen LogP contribution in [0.5, 0.6) is 0 Å². The summed E-state index contributed by atoms with van der Waals surface area (Å²) in [5, 5.41) is 12.5. The molecule has 5 rings (SSSR count). The first-order chi connectivity index (χ1) is 18.1. The van der Waals surface area contributed by atoms with Crippen LogP contribution in [0.3, 0.4) is 0 Å². The topological polar surface area (TPSA) is 57.2 Å². The van der Waals surface area contributed by atoms with E-state index in [2.05, 4.69) is 81.4 Å². The van der Waals surface area contributed by atoms with Gasteiger partial charge in [-0.25, -0.2) is 0 Å². The molecule has 5 nitrogen and oxygen atoms in total.